The zero-order valence-corrected chi connectivity index (χ0v) is 10.8. The maximum atomic E-state index is 11.7. The van der Waals surface area contributed by atoms with Crippen LogP contribution in [0, 0.1) is 0 Å². The number of hydrogen-bond donors (Lipinski definition) is 2. The van der Waals surface area contributed by atoms with Crippen molar-refractivity contribution in [1.29, 1.82) is 0 Å². The highest BCUT2D eigenvalue weighted by molar-refractivity contribution is 7.46. The molecule has 2 fully saturated rings. The van der Waals surface area contributed by atoms with Gasteiger partial charge >= 0.3 is 5.69 Å². The number of aliphatic hydroxyl groups excluding tert-OH is 1. The number of phosphoric acid groups is 1. The van der Waals surface area contributed by atoms with Crippen molar-refractivity contribution >= 4 is 7.82 Å². The third-order valence-corrected chi connectivity index (χ3v) is 4.10. The number of fused-ring (bicyclic) bond motifs is 1. The summed E-state index contributed by atoms with van der Waals surface area (Å²) in [6, 6.07) is 1.08. The SMILES string of the molecule is O=c1ccn([C@@H]2O[C@H](CO)C3OP(=O)([O-])O[C@@H]32)c(=O)[nH]1. The predicted octanol–water partition coefficient (Wildman–Crippen LogP) is -2.32. The predicted molar refractivity (Wildman–Crippen MR) is 59.7 cm³/mol. The minimum atomic E-state index is -4.48. The van der Waals surface area contributed by atoms with Gasteiger partial charge in [-0.15, -0.1) is 0 Å². The van der Waals surface area contributed by atoms with Gasteiger partial charge in [0.2, 0.25) is 0 Å². The van der Waals surface area contributed by atoms with Crippen LogP contribution in [0.5, 0.6) is 0 Å². The van der Waals surface area contributed by atoms with Gasteiger partial charge in [-0.25, -0.2) is 4.79 Å². The highest BCUT2D eigenvalue weighted by Gasteiger charge is 2.54. The number of aromatic amines is 1. The second kappa shape index (κ2) is 4.62. The van der Waals surface area contributed by atoms with E-state index in [4.69, 9.17) is 18.9 Å². The fourth-order valence-corrected chi connectivity index (χ4v) is 3.39. The molecule has 2 unspecified atom stereocenters. The van der Waals surface area contributed by atoms with Crippen LogP contribution in [0.3, 0.4) is 0 Å². The maximum absolute atomic E-state index is 11.7. The van der Waals surface area contributed by atoms with Gasteiger partial charge in [-0.05, 0) is 0 Å². The van der Waals surface area contributed by atoms with Crippen molar-refractivity contribution in [1.82, 2.24) is 9.55 Å². The number of ether oxygens (including phenoxy) is 1. The van der Waals surface area contributed by atoms with E-state index in [1.807, 2.05) is 4.98 Å². The molecule has 2 aliphatic rings. The van der Waals surface area contributed by atoms with Crippen molar-refractivity contribution in [3.05, 3.63) is 33.1 Å². The quantitative estimate of drug-likeness (QED) is 0.579. The number of H-pyrrole nitrogens is 1. The smallest absolute Gasteiger partial charge is 0.330 e. The number of nitrogens with one attached hydrogen (secondary N) is 1. The van der Waals surface area contributed by atoms with Gasteiger partial charge in [-0.3, -0.25) is 18.9 Å². The summed E-state index contributed by atoms with van der Waals surface area (Å²) in [4.78, 5) is 36.0. The van der Waals surface area contributed by atoms with Crippen molar-refractivity contribution < 1.29 is 28.3 Å². The average molecular weight is 305 g/mol. The van der Waals surface area contributed by atoms with E-state index in [1.165, 1.54) is 0 Å². The van der Waals surface area contributed by atoms with Gasteiger partial charge in [0.25, 0.3) is 13.4 Å². The molecule has 3 rings (SSSR count). The molecule has 110 valence electrons. The van der Waals surface area contributed by atoms with Crippen molar-refractivity contribution in [2.75, 3.05) is 6.61 Å². The number of nitrogens with zero attached hydrogens (tertiary/aromatic N) is 1. The third-order valence-electron chi connectivity index (χ3n) is 3.09. The lowest BCUT2D eigenvalue weighted by Gasteiger charge is -2.22. The molecule has 0 bridgehead atoms. The summed E-state index contributed by atoms with van der Waals surface area (Å²) in [5, 5.41) is 9.16. The summed E-state index contributed by atoms with van der Waals surface area (Å²) >= 11 is 0. The van der Waals surface area contributed by atoms with E-state index in [0.717, 1.165) is 16.8 Å². The van der Waals surface area contributed by atoms with Gasteiger partial charge < -0.3 is 23.8 Å². The molecule has 0 saturated carbocycles. The van der Waals surface area contributed by atoms with Crippen LogP contribution in [-0.2, 0) is 18.3 Å². The van der Waals surface area contributed by atoms with Gasteiger partial charge in [-0.1, -0.05) is 0 Å². The number of phosphoric ester groups is 1. The molecule has 3 heterocycles. The van der Waals surface area contributed by atoms with Crippen LogP contribution in [0.4, 0.5) is 0 Å². The molecule has 1 aromatic heterocycles. The topological polar surface area (TPSA) is 143 Å². The Morgan fingerprint density at radius 2 is 2.10 bits per heavy atom. The molecule has 0 aliphatic carbocycles. The molecule has 2 aliphatic heterocycles. The molecule has 0 radical (unpaired) electrons. The molecular formula is C9H10N2O8P-. The first kappa shape index (κ1) is 13.7. The molecule has 10 nitrogen and oxygen atoms in total. The van der Waals surface area contributed by atoms with Crippen LogP contribution < -0.4 is 16.1 Å². The van der Waals surface area contributed by atoms with Gasteiger partial charge in [-0.2, -0.15) is 0 Å². The van der Waals surface area contributed by atoms with E-state index in [2.05, 4.69) is 0 Å². The standard InChI is InChI=1S/C9H11N2O8P/c12-3-4-6-7(19-20(15,16)18-6)8(17-4)11-2-1-5(13)10-9(11)14/h1-2,4,6-8,12H,3H2,(H,15,16)(H,10,13,14)/p-1/t4-,6?,7+,8-/m1/s1. The number of aliphatic hydroxyl groups is 1. The molecule has 2 saturated heterocycles. The van der Waals surface area contributed by atoms with Crippen molar-refractivity contribution in [2.45, 2.75) is 24.5 Å². The van der Waals surface area contributed by atoms with Crippen molar-refractivity contribution in [2.24, 2.45) is 0 Å². The van der Waals surface area contributed by atoms with Gasteiger partial charge in [0.1, 0.15) is 18.3 Å². The van der Waals surface area contributed by atoms with Crippen LogP contribution >= 0.6 is 7.82 Å². The van der Waals surface area contributed by atoms with Gasteiger partial charge in [0.05, 0.1) is 6.61 Å². The van der Waals surface area contributed by atoms with Gasteiger partial charge in [0, 0.05) is 12.3 Å². The van der Waals surface area contributed by atoms with Crippen molar-refractivity contribution in [3.63, 3.8) is 0 Å². The first-order valence-corrected chi connectivity index (χ1v) is 7.13. The Kier molecular flexibility index (Phi) is 3.16. The number of rotatable bonds is 2. The average Bonchev–Trinajstić information content (AvgIpc) is 2.83. The molecule has 1 aromatic rings. The maximum Gasteiger partial charge on any atom is 0.330 e. The van der Waals surface area contributed by atoms with Gasteiger partial charge in [0.15, 0.2) is 6.23 Å². The van der Waals surface area contributed by atoms with Crippen LogP contribution in [0.2, 0.25) is 0 Å². The number of hydrogen-bond acceptors (Lipinski definition) is 8. The highest BCUT2D eigenvalue weighted by Crippen LogP contribution is 2.55. The number of aromatic nitrogens is 2. The zero-order valence-electron chi connectivity index (χ0n) is 9.87. The monoisotopic (exact) mass is 305 g/mol. The summed E-state index contributed by atoms with van der Waals surface area (Å²) in [7, 11) is -4.48. The Bertz CT molecular complexity index is 683. The second-order valence-electron chi connectivity index (χ2n) is 4.35. The third kappa shape index (κ3) is 2.16. The largest absolute Gasteiger partial charge is 0.756 e. The Morgan fingerprint density at radius 1 is 1.40 bits per heavy atom. The summed E-state index contributed by atoms with van der Waals surface area (Å²) in [5.74, 6) is 0. The summed E-state index contributed by atoms with van der Waals surface area (Å²) in [6.45, 7) is -0.501. The van der Waals surface area contributed by atoms with E-state index in [1.54, 1.807) is 0 Å². The lowest BCUT2D eigenvalue weighted by atomic mass is 10.1. The molecule has 20 heavy (non-hydrogen) atoms. The van der Waals surface area contributed by atoms with E-state index in [0.29, 0.717) is 0 Å². The normalized spacial score (nSPS) is 39.9. The van der Waals surface area contributed by atoms with Crippen LogP contribution in [0.15, 0.2) is 21.9 Å². The molecular weight excluding hydrogens is 295 g/mol. The Morgan fingerprint density at radius 3 is 2.75 bits per heavy atom. The molecule has 2 N–H and O–H groups in total. The van der Waals surface area contributed by atoms with Crippen LogP contribution in [0.25, 0.3) is 0 Å². The second-order valence-corrected chi connectivity index (χ2v) is 5.67. The zero-order chi connectivity index (χ0) is 14.5. The molecule has 0 spiro atoms. The molecule has 11 heteroatoms. The fraction of sp³-hybridized carbons (Fsp3) is 0.556. The molecule has 5 atom stereocenters. The first-order valence-electron chi connectivity index (χ1n) is 5.67. The minimum absolute atomic E-state index is 0.501. The minimum Gasteiger partial charge on any atom is -0.756 e. The lowest BCUT2D eigenvalue weighted by molar-refractivity contribution is -0.222. The fourth-order valence-electron chi connectivity index (χ4n) is 2.27. The van der Waals surface area contributed by atoms with E-state index >= 15 is 0 Å². The molecule has 0 aromatic carbocycles. The Balaban J connectivity index is 2.00. The van der Waals surface area contributed by atoms with E-state index in [9.17, 15) is 19.0 Å². The Labute approximate surface area is 111 Å². The van der Waals surface area contributed by atoms with Crippen LogP contribution in [-0.4, -0.2) is 39.6 Å². The van der Waals surface area contributed by atoms with E-state index in [-0.39, 0.29) is 0 Å². The highest BCUT2D eigenvalue weighted by atomic mass is 31.2. The lowest BCUT2D eigenvalue weighted by Crippen LogP contribution is -2.36. The first-order chi connectivity index (χ1) is 9.41. The Hall–Kier alpha value is -1.29. The molecule has 0 amide bonds. The van der Waals surface area contributed by atoms with Crippen molar-refractivity contribution in [3.8, 4) is 0 Å². The van der Waals surface area contributed by atoms with Crippen LogP contribution in [0.1, 0.15) is 6.23 Å². The summed E-state index contributed by atoms with van der Waals surface area (Å²) < 4.78 is 27.1. The summed E-state index contributed by atoms with van der Waals surface area (Å²) in [5.41, 5.74) is -1.38. The summed E-state index contributed by atoms with van der Waals surface area (Å²) in [6.07, 6.45) is -3.05. The van der Waals surface area contributed by atoms with E-state index < -0.39 is 50.2 Å².